The van der Waals surface area contributed by atoms with Crippen LogP contribution in [-0.2, 0) is 6.42 Å². The number of hydrogen-bond donors (Lipinski definition) is 2. The molecule has 1 spiro atoms. The minimum atomic E-state index is -0.478. The van der Waals surface area contributed by atoms with Crippen LogP contribution in [0.5, 0.6) is 11.5 Å². The first-order chi connectivity index (χ1) is 15.2. The Bertz CT molecular complexity index is 906. The Hall–Kier alpha value is -2.80. The monoisotopic (exact) mass is 422 g/mol. The molecule has 0 radical (unpaired) electrons. The van der Waals surface area contributed by atoms with Crippen molar-refractivity contribution in [3.05, 3.63) is 48.3 Å². The van der Waals surface area contributed by atoms with E-state index in [0.717, 1.165) is 81.8 Å². The zero-order valence-corrected chi connectivity index (χ0v) is 17.8. The lowest BCUT2D eigenvalue weighted by Gasteiger charge is -2.32. The summed E-state index contributed by atoms with van der Waals surface area (Å²) >= 11 is 0. The highest BCUT2D eigenvalue weighted by Crippen LogP contribution is 2.47. The molecule has 1 aromatic carbocycles. The van der Waals surface area contributed by atoms with Crippen LogP contribution >= 0.6 is 0 Å². The number of carbonyl (C=O) groups is 1. The molecule has 2 fully saturated rings. The number of benzene rings is 1. The Kier molecular flexibility index (Phi) is 5.68. The summed E-state index contributed by atoms with van der Waals surface area (Å²) < 4.78 is 12.1. The topological polar surface area (TPSA) is 75.7 Å². The first-order valence-corrected chi connectivity index (χ1v) is 11.4. The molecule has 5 rings (SSSR count). The van der Waals surface area contributed by atoms with Gasteiger partial charge >= 0.3 is 6.03 Å². The summed E-state index contributed by atoms with van der Waals surface area (Å²) in [5.41, 5.74) is 2.04. The number of fused-ring (bicyclic) bond motifs is 1. The van der Waals surface area contributed by atoms with Gasteiger partial charge in [0.15, 0.2) is 11.5 Å². The highest BCUT2D eigenvalue weighted by molar-refractivity contribution is 5.89. The van der Waals surface area contributed by atoms with E-state index in [1.54, 1.807) is 0 Å². The number of urea groups is 1. The van der Waals surface area contributed by atoms with Crippen molar-refractivity contribution in [2.24, 2.45) is 0 Å². The van der Waals surface area contributed by atoms with Crippen molar-refractivity contribution in [1.29, 1.82) is 0 Å². The summed E-state index contributed by atoms with van der Waals surface area (Å²) in [6.07, 6.45) is 10.8. The van der Waals surface area contributed by atoms with Gasteiger partial charge < -0.3 is 25.0 Å². The van der Waals surface area contributed by atoms with Crippen molar-refractivity contribution < 1.29 is 14.3 Å². The Morgan fingerprint density at radius 2 is 1.81 bits per heavy atom. The fraction of sp³-hybridized carbons (Fsp3) is 0.500. The van der Waals surface area contributed by atoms with Crippen LogP contribution in [0.25, 0.3) is 0 Å². The van der Waals surface area contributed by atoms with E-state index in [0.29, 0.717) is 0 Å². The lowest BCUT2D eigenvalue weighted by Crippen LogP contribution is -2.46. The average Bonchev–Trinajstić information content (AvgIpc) is 3.39. The Morgan fingerprint density at radius 3 is 2.58 bits per heavy atom. The van der Waals surface area contributed by atoms with Gasteiger partial charge in [-0.1, -0.05) is 0 Å². The van der Waals surface area contributed by atoms with Gasteiger partial charge in [-0.05, 0) is 61.9 Å². The normalized spacial score (nSPS) is 20.1. The zero-order valence-electron chi connectivity index (χ0n) is 17.8. The van der Waals surface area contributed by atoms with Gasteiger partial charge in [-0.2, -0.15) is 0 Å². The highest BCUT2D eigenvalue weighted by Gasteiger charge is 2.44. The smallest absolute Gasteiger partial charge is 0.319 e. The van der Waals surface area contributed by atoms with E-state index in [4.69, 9.17) is 9.47 Å². The summed E-state index contributed by atoms with van der Waals surface area (Å²) in [6, 6.07) is 9.81. The molecule has 3 heterocycles. The van der Waals surface area contributed by atoms with Gasteiger partial charge in [-0.15, -0.1) is 0 Å². The first kappa shape index (κ1) is 20.1. The van der Waals surface area contributed by atoms with Crippen molar-refractivity contribution in [3.8, 4) is 11.5 Å². The molecular formula is C24H30N4O3. The molecule has 0 unspecified atom stereocenters. The number of pyridine rings is 1. The Balaban J connectivity index is 1.07. The number of carbonyl (C=O) groups excluding carboxylic acids is 1. The van der Waals surface area contributed by atoms with E-state index in [-0.39, 0.29) is 12.1 Å². The molecule has 3 aliphatic rings. The lowest BCUT2D eigenvalue weighted by atomic mass is 10.0. The van der Waals surface area contributed by atoms with E-state index in [2.05, 4.69) is 32.7 Å². The van der Waals surface area contributed by atoms with E-state index in [1.165, 1.54) is 5.56 Å². The largest absolute Gasteiger partial charge is 0.448 e. The number of likely N-dealkylation sites (tertiary alicyclic amines) is 1. The second-order valence-corrected chi connectivity index (χ2v) is 8.80. The third kappa shape index (κ3) is 4.77. The van der Waals surface area contributed by atoms with Crippen LogP contribution in [0.15, 0.2) is 42.7 Å². The number of hydrogen-bond acceptors (Lipinski definition) is 5. The Morgan fingerprint density at radius 1 is 1.06 bits per heavy atom. The van der Waals surface area contributed by atoms with E-state index >= 15 is 0 Å². The number of ether oxygens (including phenoxy) is 2. The maximum atomic E-state index is 12.5. The molecule has 31 heavy (non-hydrogen) atoms. The third-order valence-corrected chi connectivity index (χ3v) is 6.55. The fourth-order valence-corrected chi connectivity index (χ4v) is 4.78. The molecule has 164 valence electrons. The maximum Gasteiger partial charge on any atom is 0.319 e. The standard InChI is InChI=1S/C24H30N4O3/c29-23(26-19-8-15-28(16-9-19)14-7-18-5-12-25-13-6-18)27-20-3-4-21-22(17-20)31-24(30-21)10-1-2-11-24/h3-6,12-13,17,19H,1-2,7-11,14-16H2,(H2,26,27,29). The van der Waals surface area contributed by atoms with Crippen LogP contribution < -0.4 is 20.1 Å². The van der Waals surface area contributed by atoms with Gasteiger partial charge in [0.25, 0.3) is 5.79 Å². The quantitative estimate of drug-likeness (QED) is 0.763. The van der Waals surface area contributed by atoms with Crippen molar-refractivity contribution in [2.75, 3.05) is 25.0 Å². The number of nitrogens with zero attached hydrogens (tertiary/aromatic N) is 2. The molecule has 2 aromatic rings. The molecule has 2 amide bonds. The molecule has 1 aliphatic carbocycles. The molecule has 1 saturated heterocycles. The molecular weight excluding hydrogens is 392 g/mol. The summed E-state index contributed by atoms with van der Waals surface area (Å²) in [5.74, 6) is 1.02. The van der Waals surface area contributed by atoms with Crippen molar-refractivity contribution >= 4 is 11.7 Å². The number of anilines is 1. The SMILES string of the molecule is O=C(Nc1ccc2c(c1)OC1(CCCC1)O2)NC1CCN(CCc2ccncc2)CC1. The van der Waals surface area contributed by atoms with Crippen LogP contribution in [0.1, 0.15) is 44.1 Å². The van der Waals surface area contributed by atoms with Gasteiger partial charge in [-0.3, -0.25) is 4.98 Å². The number of amides is 2. The van der Waals surface area contributed by atoms with E-state index < -0.39 is 5.79 Å². The number of nitrogens with one attached hydrogen (secondary N) is 2. The molecule has 0 bridgehead atoms. The zero-order chi connectivity index (χ0) is 21.1. The van der Waals surface area contributed by atoms with Crippen LogP contribution in [0.3, 0.4) is 0 Å². The van der Waals surface area contributed by atoms with Gasteiger partial charge in [0.05, 0.1) is 0 Å². The van der Waals surface area contributed by atoms with Crippen molar-refractivity contribution in [2.45, 2.75) is 56.8 Å². The predicted molar refractivity (Wildman–Crippen MR) is 118 cm³/mol. The molecule has 2 N–H and O–H groups in total. The fourth-order valence-electron chi connectivity index (χ4n) is 4.78. The summed E-state index contributed by atoms with van der Waals surface area (Å²) in [4.78, 5) is 19.0. The van der Waals surface area contributed by atoms with Gasteiger partial charge in [0, 0.05) is 62.7 Å². The minimum Gasteiger partial charge on any atom is -0.448 e. The van der Waals surface area contributed by atoms with Crippen LogP contribution in [0.4, 0.5) is 10.5 Å². The highest BCUT2D eigenvalue weighted by atomic mass is 16.7. The lowest BCUT2D eigenvalue weighted by molar-refractivity contribution is -0.0716. The summed E-state index contributed by atoms with van der Waals surface area (Å²) in [7, 11) is 0. The molecule has 1 aromatic heterocycles. The molecule has 2 aliphatic heterocycles. The van der Waals surface area contributed by atoms with E-state index in [9.17, 15) is 4.79 Å². The average molecular weight is 423 g/mol. The molecule has 1 saturated carbocycles. The second kappa shape index (κ2) is 8.75. The van der Waals surface area contributed by atoms with Crippen LogP contribution in [-0.4, -0.2) is 47.4 Å². The van der Waals surface area contributed by atoms with Crippen molar-refractivity contribution in [1.82, 2.24) is 15.2 Å². The third-order valence-electron chi connectivity index (χ3n) is 6.55. The second-order valence-electron chi connectivity index (χ2n) is 8.80. The van der Waals surface area contributed by atoms with Gasteiger partial charge in [-0.25, -0.2) is 4.79 Å². The van der Waals surface area contributed by atoms with Crippen molar-refractivity contribution in [3.63, 3.8) is 0 Å². The number of piperidine rings is 1. The van der Waals surface area contributed by atoms with Gasteiger partial charge in [0.1, 0.15) is 0 Å². The summed E-state index contributed by atoms with van der Waals surface area (Å²) in [6.45, 7) is 3.05. The predicted octanol–water partition coefficient (Wildman–Crippen LogP) is 3.95. The first-order valence-electron chi connectivity index (χ1n) is 11.4. The minimum absolute atomic E-state index is 0.162. The van der Waals surface area contributed by atoms with Crippen LogP contribution in [0.2, 0.25) is 0 Å². The molecule has 0 atom stereocenters. The van der Waals surface area contributed by atoms with Gasteiger partial charge in [0.2, 0.25) is 0 Å². The molecule has 7 nitrogen and oxygen atoms in total. The van der Waals surface area contributed by atoms with Crippen LogP contribution in [0, 0.1) is 0 Å². The summed E-state index contributed by atoms with van der Waals surface area (Å²) in [5, 5.41) is 6.07. The maximum absolute atomic E-state index is 12.5. The molecule has 7 heteroatoms. The van der Waals surface area contributed by atoms with E-state index in [1.807, 2.05) is 30.6 Å². The number of aromatic nitrogens is 1. The Labute approximate surface area is 183 Å². The number of rotatable bonds is 5.